The molecule has 1 aromatic carbocycles. The monoisotopic (exact) mass is 416 g/mol. The third-order valence-corrected chi connectivity index (χ3v) is 5.40. The maximum Gasteiger partial charge on any atom is 0.230 e. The summed E-state index contributed by atoms with van der Waals surface area (Å²) >= 11 is 0. The Labute approximate surface area is 174 Å². The van der Waals surface area contributed by atoms with Gasteiger partial charge in [-0.15, -0.1) is 0 Å². The number of unbranched alkanes of at least 4 members (excludes halogenated alkanes) is 2. The van der Waals surface area contributed by atoms with Crippen molar-refractivity contribution in [3.8, 4) is 17.1 Å². The molecule has 0 saturated carbocycles. The van der Waals surface area contributed by atoms with E-state index in [9.17, 15) is 15.3 Å². The maximum absolute atomic E-state index is 10.4. The standard InChI is InChI=1S/C22H28N2O6/c1-2-3-4-9-28-16-7-5-14(6-8-16)18-10-15-12-24(22(27)23-21(15)30-18)20-11-17(26)19(13-25)29-20/h5-8,10,12,17,19-20,22,25-27H,2-4,9,11,13H2,1H3/t17-,19+,20+,22?/m0/s1. The van der Waals surface area contributed by atoms with E-state index in [0.29, 0.717) is 23.1 Å². The molecular weight excluding hydrogens is 388 g/mol. The zero-order chi connectivity index (χ0) is 21.1. The summed E-state index contributed by atoms with van der Waals surface area (Å²) < 4.78 is 17.2. The minimum Gasteiger partial charge on any atom is -0.494 e. The highest BCUT2D eigenvalue weighted by Crippen LogP contribution is 2.26. The number of nitrogens with zero attached hydrogens (tertiary/aromatic N) is 2. The fourth-order valence-electron chi connectivity index (χ4n) is 3.68. The number of fused-ring (bicyclic) bond motifs is 1. The molecule has 2 aromatic rings. The van der Waals surface area contributed by atoms with Crippen LogP contribution in [0.25, 0.3) is 17.5 Å². The molecule has 0 radical (unpaired) electrons. The molecule has 0 bridgehead atoms. The lowest BCUT2D eigenvalue weighted by Gasteiger charge is -2.30. The molecule has 0 spiro atoms. The first-order chi connectivity index (χ1) is 14.6. The van der Waals surface area contributed by atoms with E-state index in [1.807, 2.05) is 30.3 Å². The van der Waals surface area contributed by atoms with Crippen LogP contribution in [-0.2, 0) is 4.74 Å². The predicted octanol–water partition coefficient (Wildman–Crippen LogP) is 0.933. The fraction of sp³-hybridized carbons (Fsp3) is 0.500. The first kappa shape index (κ1) is 20.9. The van der Waals surface area contributed by atoms with Crippen LogP contribution in [0.4, 0.5) is 0 Å². The molecule has 8 nitrogen and oxygen atoms in total. The van der Waals surface area contributed by atoms with Crippen LogP contribution in [0.1, 0.15) is 32.6 Å². The number of furan rings is 1. The summed E-state index contributed by atoms with van der Waals surface area (Å²) in [5, 5.41) is 30.3. The number of aliphatic hydroxyl groups excluding tert-OH is 3. The van der Waals surface area contributed by atoms with E-state index in [0.717, 1.165) is 30.6 Å². The first-order valence-electron chi connectivity index (χ1n) is 10.4. The average molecular weight is 416 g/mol. The maximum atomic E-state index is 10.4. The van der Waals surface area contributed by atoms with Crippen LogP contribution in [0.2, 0.25) is 0 Å². The van der Waals surface area contributed by atoms with E-state index < -0.39 is 24.8 Å². The summed E-state index contributed by atoms with van der Waals surface area (Å²) in [5.41, 5.74) is 1.22. The van der Waals surface area contributed by atoms with Gasteiger partial charge >= 0.3 is 0 Å². The van der Waals surface area contributed by atoms with Gasteiger partial charge in [-0.1, -0.05) is 19.8 Å². The van der Waals surface area contributed by atoms with E-state index in [4.69, 9.17) is 13.9 Å². The van der Waals surface area contributed by atoms with E-state index in [1.165, 1.54) is 4.90 Å². The minimum absolute atomic E-state index is 0.272. The molecule has 0 aliphatic carbocycles. The molecule has 8 heteroatoms. The first-order valence-corrected chi connectivity index (χ1v) is 10.4. The largest absolute Gasteiger partial charge is 0.494 e. The van der Waals surface area contributed by atoms with Gasteiger partial charge < -0.3 is 34.1 Å². The molecule has 2 aliphatic heterocycles. The number of rotatable bonds is 8. The Morgan fingerprint density at radius 1 is 1.20 bits per heavy atom. The van der Waals surface area contributed by atoms with Gasteiger partial charge in [0.15, 0.2) is 0 Å². The normalized spacial score (nSPS) is 25.5. The summed E-state index contributed by atoms with van der Waals surface area (Å²) in [6.07, 6.45) is 2.12. The molecule has 4 rings (SSSR count). The van der Waals surface area contributed by atoms with E-state index in [1.54, 1.807) is 6.20 Å². The molecule has 1 fully saturated rings. The smallest absolute Gasteiger partial charge is 0.230 e. The Bertz CT molecular complexity index is 957. The molecule has 1 aromatic heterocycles. The predicted molar refractivity (Wildman–Crippen MR) is 109 cm³/mol. The average Bonchev–Trinajstić information content (AvgIpc) is 3.33. The highest BCUT2D eigenvalue weighted by molar-refractivity contribution is 5.58. The van der Waals surface area contributed by atoms with Crippen molar-refractivity contribution in [2.75, 3.05) is 13.2 Å². The number of ether oxygens (including phenoxy) is 2. The van der Waals surface area contributed by atoms with Crippen molar-refractivity contribution >= 4 is 6.20 Å². The molecule has 3 N–H and O–H groups in total. The van der Waals surface area contributed by atoms with Gasteiger partial charge in [-0.05, 0) is 36.8 Å². The lowest BCUT2D eigenvalue weighted by Crippen LogP contribution is -2.45. The Morgan fingerprint density at radius 3 is 2.70 bits per heavy atom. The number of benzene rings is 1. The van der Waals surface area contributed by atoms with Crippen molar-refractivity contribution in [3.63, 3.8) is 0 Å². The van der Waals surface area contributed by atoms with Gasteiger partial charge in [-0.2, -0.15) is 4.99 Å². The van der Waals surface area contributed by atoms with Crippen LogP contribution >= 0.6 is 0 Å². The fourth-order valence-corrected chi connectivity index (χ4v) is 3.68. The number of hydrogen-bond donors (Lipinski definition) is 3. The van der Waals surface area contributed by atoms with Gasteiger partial charge in [0.05, 0.1) is 24.5 Å². The SMILES string of the molecule is CCCCCOc1ccc(-c2cc3c(o2)=NC(O)N([C@H]2C[C@H](O)[C@@H](CO)O2)C=3)cc1. The Morgan fingerprint density at radius 2 is 2.00 bits per heavy atom. The van der Waals surface area contributed by atoms with Gasteiger partial charge in [0.1, 0.15) is 23.8 Å². The van der Waals surface area contributed by atoms with Crippen LogP contribution < -0.4 is 15.5 Å². The second kappa shape index (κ2) is 9.18. The highest BCUT2D eigenvalue weighted by Gasteiger charge is 2.38. The summed E-state index contributed by atoms with van der Waals surface area (Å²) in [4.78, 5) is 5.73. The van der Waals surface area contributed by atoms with Crippen molar-refractivity contribution in [1.82, 2.24) is 4.90 Å². The molecule has 30 heavy (non-hydrogen) atoms. The number of hydrogen-bond acceptors (Lipinski definition) is 8. The molecule has 2 aliphatic rings. The van der Waals surface area contributed by atoms with Crippen molar-refractivity contribution in [3.05, 3.63) is 41.1 Å². The second-order valence-electron chi connectivity index (χ2n) is 7.62. The van der Waals surface area contributed by atoms with Crippen LogP contribution in [-0.4, -0.2) is 58.2 Å². The summed E-state index contributed by atoms with van der Waals surface area (Å²) in [6.45, 7) is 2.59. The second-order valence-corrected chi connectivity index (χ2v) is 7.62. The zero-order valence-electron chi connectivity index (χ0n) is 17.0. The molecule has 162 valence electrons. The molecule has 3 heterocycles. The van der Waals surface area contributed by atoms with E-state index in [2.05, 4.69) is 11.9 Å². The topological polar surface area (TPSA) is 108 Å². The van der Waals surface area contributed by atoms with Crippen LogP contribution in [0.15, 0.2) is 39.7 Å². The van der Waals surface area contributed by atoms with Gasteiger partial charge in [-0.3, -0.25) is 0 Å². The zero-order valence-corrected chi connectivity index (χ0v) is 17.0. The minimum atomic E-state index is -1.19. The summed E-state index contributed by atoms with van der Waals surface area (Å²) in [5.74, 6) is 1.45. The Kier molecular flexibility index (Phi) is 6.38. The summed E-state index contributed by atoms with van der Waals surface area (Å²) in [6, 6.07) is 9.52. The van der Waals surface area contributed by atoms with Crippen molar-refractivity contribution < 1.29 is 29.2 Å². The lowest BCUT2D eigenvalue weighted by molar-refractivity contribution is -0.103. The van der Waals surface area contributed by atoms with Crippen molar-refractivity contribution in [2.45, 2.75) is 57.4 Å². The number of aliphatic hydroxyl groups is 3. The summed E-state index contributed by atoms with van der Waals surface area (Å²) in [7, 11) is 0. The van der Waals surface area contributed by atoms with Crippen LogP contribution in [0, 0.1) is 0 Å². The molecule has 1 saturated heterocycles. The molecule has 0 amide bonds. The third kappa shape index (κ3) is 4.37. The molecule has 4 atom stereocenters. The Hall–Kier alpha value is -2.39. The van der Waals surface area contributed by atoms with Gasteiger partial charge in [-0.25, -0.2) is 0 Å². The third-order valence-electron chi connectivity index (χ3n) is 5.40. The van der Waals surface area contributed by atoms with Crippen LogP contribution in [0.3, 0.4) is 0 Å². The van der Waals surface area contributed by atoms with Gasteiger partial charge in [0.25, 0.3) is 0 Å². The Balaban J connectivity index is 1.49. The van der Waals surface area contributed by atoms with E-state index >= 15 is 0 Å². The van der Waals surface area contributed by atoms with Crippen molar-refractivity contribution in [1.29, 1.82) is 0 Å². The van der Waals surface area contributed by atoms with Crippen LogP contribution in [0.5, 0.6) is 5.75 Å². The molecule has 1 unspecified atom stereocenters. The van der Waals surface area contributed by atoms with Gasteiger partial charge in [0.2, 0.25) is 11.9 Å². The van der Waals surface area contributed by atoms with E-state index in [-0.39, 0.29) is 13.0 Å². The highest BCUT2D eigenvalue weighted by atomic mass is 16.5. The molecular formula is C22H28N2O6. The van der Waals surface area contributed by atoms with Gasteiger partial charge in [0, 0.05) is 18.2 Å². The quantitative estimate of drug-likeness (QED) is 0.550. The van der Waals surface area contributed by atoms with Crippen molar-refractivity contribution in [2.24, 2.45) is 4.99 Å². The lowest BCUT2D eigenvalue weighted by atomic mass is 10.1.